The minimum Gasteiger partial charge on any atom is -0.361 e. The van der Waals surface area contributed by atoms with Gasteiger partial charge in [0.1, 0.15) is 0 Å². The molecule has 108 valence electrons. The summed E-state index contributed by atoms with van der Waals surface area (Å²) < 4.78 is 5.32. The SMILES string of the molecule is N[C@@H](Cc1c[nH]c2ccccc12)c1nc(CC2CC2)no1. The van der Waals surface area contributed by atoms with E-state index in [1.165, 1.54) is 23.8 Å². The van der Waals surface area contributed by atoms with Crippen LogP contribution >= 0.6 is 0 Å². The Morgan fingerprint density at radius 3 is 3.05 bits per heavy atom. The fraction of sp³-hybridized carbons (Fsp3) is 0.375. The maximum Gasteiger partial charge on any atom is 0.243 e. The van der Waals surface area contributed by atoms with E-state index in [-0.39, 0.29) is 6.04 Å². The number of benzene rings is 1. The number of nitrogens with two attached hydrogens (primary N) is 1. The molecular weight excluding hydrogens is 264 g/mol. The summed E-state index contributed by atoms with van der Waals surface area (Å²) >= 11 is 0. The lowest BCUT2D eigenvalue weighted by Crippen LogP contribution is -2.13. The van der Waals surface area contributed by atoms with Crippen LogP contribution in [0.25, 0.3) is 10.9 Å². The zero-order valence-electron chi connectivity index (χ0n) is 11.7. The Labute approximate surface area is 122 Å². The van der Waals surface area contributed by atoms with E-state index >= 15 is 0 Å². The normalized spacial score (nSPS) is 16.4. The molecular formula is C16H18N4O. The number of aromatic nitrogens is 3. The van der Waals surface area contributed by atoms with Crippen LogP contribution in [0.4, 0.5) is 0 Å². The summed E-state index contributed by atoms with van der Waals surface area (Å²) in [5.74, 6) is 2.08. The molecule has 1 atom stereocenters. The third-order valence-electron chi connectivity index (χ3n) is 4.08. The Morgan fingerprint density at radius 2 is 2.19 bits per heavy atom. The van der Waals surface area contributed by atoms with Crippen molar-refractivity contribution in [2.24, 2.45) is 11.7 Å². The topological polar surface area (TPSA) is 80.7 Å². The number of nitrogens with zero attached hydrogens (tertiary/aromatic N) is 2. The Hall–Kier alpha value is -2.14. The van der Waals surface area contributed by atoms with Crippen molar-refractivity contribution in [1.29, 1.82) is 0 Å². The highest BCUT2D eigenvalue weighted by Crippen LogP contribution is 2.32. The highest BCUT2D eigenvalue weighted by Gasteiger charge is 2.25. The standard InChI is InChI=1S/C16H18N4O/c17-13(16-19-15(20-21-16)7-10-5-6-10)8-11-9-18-14-4-2-1-3-12(11)14/h1-4,9-10,13,18H,5-8,17H2/t13-/m0/s1. The lowest BCUT2D eigenvalue weighted by Gasteiger charge is -2.05. The third kappa shape index (κ3) is 2.56. The van der Waals surface area contributed by atoms with Crippen molar-refractivity contribution in [2.75, 3.05) is 0 Å². The van der Waals surface area contributed by atoms with Gasteiger partial charge < -0.3 is 15.2 Å². The molecule has 0 bridgehead atoms. The van der Waals surface area contributed by atoms with Crippen LogP contribution in [0.15, 0.2) is 35.0 Å². The van der Waals surface area contributed by atoms with Gasteiger partial charge >= 0.3 is 0 Å². The van der Waals surface area contributed by atoms with E-state index < -0.39 is 0 Å². The van der Waals surface area contributed by atoms with Gasteiger partial charge in [0.25, 0.3) is 0 Å². The highest BCUT2D eigenvalue weighted by atomic mass is 16.5. The van der Waals surface area contributed by atoms with Gasteiger partial charge in [-0.05, 0) is 36.8 Å². The molecule has 1 aromatic carbocycles. The minimum absolute atomic E-state index is 0.260. The number of hydrogen-bond acceptors (Lipinski definition) is 4. The van der Waals surface area contributed by atoms with Crippen molar-refractivity contribution in [1.82, 2.24) is 15.1 Å². The monoisotopic (exact) mass is 282 g/mol. The lowest BCUT2D eigenvalue weighted by molar-refractivity contribution is 0.350. The number of fused-ring (bicyclic) bond motifs is 1. The van der Waals surface area contributed by atoms with Gasteiger partial charge in [0.05, 0.1) is 6.04 Å². The lowest BCUT2D eigenvalue weighted by atomic mass is 10.1. The molecule has 0 unspecified atom stereocenters. The quantitative estimate of drug-likeness (QED) is 0.754. The molecule has 0 aliphatic heterocycles. The molecule has 5 heteroatoms. The average Bonchev–Trinajstić information content (AvgIpc) is 3.03. The first kappa shape index (κ1) is 12.6. The number of hydrogen-bond donors (Lipinski definition) is 2. The maximum absolute atomic E-state index is 6.23. The minimum atomic E-state index is -0.260. The smallest absolute Gasteiger partial charge is 0.243 e. The van der Waals surface area contributed by atoms with E-state index in [4.69, 9.17) is 10.3 Å². The van der Waals surface area contributed by atoms with Gasteiger partial charge in [-0.25, -0.2) is 0 Å². The van der Waals surface area contributed by atoms with Gasteiger partial charge in [0.2, 0.25) is 5.89 Å². The Balaban J connectivity index is 1.51. The van der Waals surface area contributed by atoms with Crippen molar-refractivity contribution >= 4 is 10.9 Å². The molecule has 0 amide bonds. The number of para-hydroxylation sites is 1. The first-order valence-electron chi connectivity index (χ1n) is 7.42. The summed E-state index contributed by atoms with van der Waals surface area (Å²) in [7, 11) is 0. The second kappa shape index (κ2) is 5.00. The van der Waals surface area contributed by atoms with E-state index in [1.807, 2.05) is 18.3 Å². The molecule has 2 heterocycles. The van der Waals surface area contributed by atoms with E-state index in [2.05, 4.69) is 27.3 Å². The average molecular weight is 282 g/mol. The molecule has 1 aliphatic carbocycles. The predicted molar refractivity (Wildman–Crippen MR) is 79.7 cm³/mol. The fourth-order valence-electron chi connectivity index (χ4n) is 2.71. The maximum atomic E-state index is 6.23. The van der Waals surface area contributed by atoms with Crippen LogP contribution in [-0.2, 0) is 12.8 Å². The van der Waals surface area contributed by atoms with Gasteiger partial charge in [0.15, 0.2) is 5.82 Å². The molecule has 0 spiro atoms. The summed E-state index contributed by atoms with van der Waals surface area (Å²) in [5, 5.41) is 5.23. The third-order valence-corrected chi connectivity index (χ3v) is 4.08. The number of nitrogens with one attached hydrogen (secondary N) is 1. The molecule has 0 radical (unpaired) electrons. The number of H-pyrrole nitrogens is 1. The van der Waals surface area contributed by atoms with Crippen molar-refractivity contribution < 1.29 is 4.52 Å². The van der Waals surface area contributed by atoms with E-state index in [9.17, 15) is 0 Å². The molecule has 2 aromatic heterocycles. The van der Waals surface area contributed by atoms with Crippen molar-refractivity contribution in [2.45, 2.75) is 31.7 Å². The van der Waals surface area contributed by atoms with Gasteiger partial charge in [-0.15, -0.1) is 0 Å². The van der Waals surface area contributed by atoms with Gasteiger partial charge in [-0.2, -0.15) is 4.98 Å². The van der Waals surface area contributed by atoms with Crippen molar-refractivity contribution in [3.8, 4) is 0 Å². The number of rotatable bonds is 5. The molecule has 3 N–H and O–H groups in total. The van der Waals surface area contributed by atoms with Crippen LogP contribution in [0.2, 0.25) is 0 Å². The Morgan fingerprint density at radius 1 is 1.33 bits per heavy atom. The van der Waals surface area contributed by atoms with Crippen LogP contribution in [0.3, 0.4) is 0 Å². The van der Waals surface area contributed by atoms with E-state index in [0.717, 1.165) is 23.7 Å². The molecule has 4 rings (SSSR count). The first-order chi connectivity index (χ1) is 10.3. The summed E-state index contributed by atoms with van der Waals surface area (Å²) in [6.07, 6.45) is 6.18. The van der Waals surface area contributed by atoms with Crippen LogP contribution in [0.5, 0.6) is 0 Å². The van der Waals surface area contributed by atoms with Gasteiger partial charge in [0, 0.05) is 23.5 Å². The second-order valence-electron chi connectivity index (χ2n) is 5.87. The van der Waals surface area contributed by atoms with E-state index in [1.54, 1.807) is 0 Å². The molecule has 1 fully saturated rings. The molecule has 3 aromatic rings. The summed E-state index contributed by atoms with van der Waals surface area (Å²) in [6, 6.07) is 7.95. The van der Waals surface area contributed by atoms with Crippen molar-refractivity contribution in [3.63, 3.8) is 0 Å². The molecule has 21 heavy (non-hydrogen) atoms. The van der Waals surface area contributed by atoms with Gasteiger partial charge in [-0.1, -0.05) is 23.4 Å². The molecule has 1 saturated carbocycles. The van der Waals surface area contributed by atoms with Crippen molar-refractivity contribution in [3.05, 3.63) is 47.7 Å². The summed E-state index contributed by atoms with van der Waals surface area (Å²) in [6.45, 7) is 0. The summed E-state index contributed by atoms with van der Waals surface area (Å²) in [4.78, 5) is 7.70. The van der Waals surface area contributed by atoms with Crippen LogP contribution in [-0.4, -0.2) is 15.1 Å². The molecule has 0 saturated heterocycles. The Bertz CT molecular complexity index is 756. The van der Waals surface area contributed by atoms with Crippen LogP contribution < -0.4 is 5.73 Å². The van der Waals surface area contributed by atoms with Crippen LogP contribution in [0.1, 0.15) is 36.2 Å². The largest absolute Gasteiger partial charge is 0.361 e. The summed E-state index contributed by atoms with van der Waals surface area (Å²) in [5.41, 5.74) is 8.53. The zero-order valence-corrected chi connectivity index (χ0v) is 11.7. The van der Waals surface area contributed by atoms with Crippen LogP contribution in [0, 0.1) is 5.92 Å². The molecule has 5 nitrogen and oxygen atoms in total. The Kier molecular flexibility index (Phi) is 3.00. The zero-order chi connectivity index (χ0) is 14.2. The highest BCUT2D eigenvalue weighted by molar-refractivity contribution is 5.83. The van der Waals surface area contributed by atoms with Gasteiger partial charge in [-0.3, -0.25) is 0 Å². The second-order valence-corrected chi connectivity index (χ2v) is 5.87. The fourth-order valence-corrected chi connectivity index (χ4v) is 2.71. The first-order valence-corrected chi connectivity index (χ1v) is 7.42. The predicted octanol–water partition coefficient (Wildman–Crippen LogP) is 2.75. The number of aromatic amines is 1. The molecule has 1 aliphatic rings. The van der Waals surface area contributed by atoms with E-state index in [0.29, 0.717) is 12.3 Å².